The summed E-state index contributed by atoms with van der Waals surface area (Å²) in [5.41, 5.74) is 0.497. The molecule has 5 nitrogen and oxygen atoms in total. The van der Waals surface area contributed by atoms with Gasteiger partial charge in [0.15, 0.2) is 5.78 Å². The van der Waals surface area contributed by atoms with Gasteiger partial charge in [-0.3, -0.25) is 14.9 Å². The molecule has 0 saturated carbocycles. The number of ketones is 1. The van der Waals surface area contributed by atoms with E-state index in [2.05, 4.69) is 0 Å². The fourth-order valence-electron chi connectivity index (χ4n) is 1.79. The fourth-order valence-corrected chi connectivity index (χ4v) is 1.79. The Hall–Kier alpha value is -3.02. The van der Waals surface area contributed by atoms with Crippen molar-refractivity contribution in [3.05, 3.63) is 75.6 Å². The van der Waals surface area contributed by atoms with Gasteiger partial charge in [0.25, 0.3) is 5.69 Å². The van der Waals surface area contributed by atoms with Crippen LogP contribution in [0.2, 0.25) is 0 Å². The van der Waals surface area contributed by atoms with E-state index >= 15 is 0 Å². The number of benzene rings is 2. The maximum atomic E-state index is 13.7. The second-order valence-corrected chi connectivity index (χ2v) is 4.39. The minimum Gasteiger partial charge on any atom is -0.497 e. The largest absolute Gasteiger partial charge is 0.497 e. The first-order chi connectivity index (χ1) is 10.5. The second-order valence-electron chi connectivity index (χ2n) is 4.39. The molecule has 0 aliphatic rings. The van der Waals surface area contributed by atoms with Crippen LogP contribution in [-0.4, -0.2) is 17.8 Å². The summed E-state index contributed by atoms with van der Waals surface area (Å²) in [6.07, 6.45) is 2.68. The zero-order valence-corrected chi connectivity index (χ0v) is 11.7. The first kappa shape index (κ1) is 15.4. The quantitative estimate of drug-likeness (QED) is 0.366. The Bertz CT molecular complexity index is 738. The lowest BCUT2D eigenvalue weighted by Gasteiger charge is -2.02. The number of rotatable bonds is 5. The number of nitrogens with zero attached hydrogens (tertiary/aromatic N) is 1. The number of methoxy groups -OCH3 is 1. The van der Waals surface area contributed by atoms with Gasteiger partial charge in [-0.15, -0.1) is 0 Å². The van der Waals surface area contributed by atoms with Crippen LogP contribution in [0.25, 0.3) is 6.08 Å². The van der Waals surface area contributed by atoms with Crippen molar-refractivity contribution < 1.29 is 18.8 Å². The van der Waals surface area contributed by atoms with Gasteiger partial charge >= 0.3 is 0 Å². The van der Waals surface area contributed by atoms with E-state index in [0.29, 0.717) is 11.3 Å². The Morgan fingerprint density at radius 2 is 1.91 bits per heavy atom. The van der Waals surface area contributed by atoms with Gasteiger partial charge in [-0.25, -0.2) is 4.39 Å². The lowest BCUT2D eigenvalue weighted by Crippen LogP contribution is -1.99. The lowest BCUT2D eigenvalue weighted by molar-refractivity contribution is -0.384. The van der Waals surface area contributed by atoms with Crippen LogP contribution in [0.3, 0.4) is 0 Å². The summed E-state index contributed by atoms with van der Waals surface area (Å²) in [4.78, 5) is 22.0. The van der Waals surface area contributed by atoms with Crippen molar-refractivity contribution in [1.82, 2.24) is 0 Å². The number of carbonyl (C=O) groups is 1. The highest BCUT2D eigenvalue weighted by molar-refractivity contribution is 6.07. The Morgan fingerprint density at radius 1 is 1.23 bits per heavy atom. The summed E-state index contributed by atoms with van der Waals surface area (Å²) < 4.78 is 18.6. The molecule has 0 spiro atoms. The fraction of sp³-hybridized carbons (Fsp3) is 0.0625. The molecule has 0 saturated heterocycles. The molecule has 0 aliphatic carbocycles. The average molecular weight is 301 g/mol. The summed E-state index contributed by atoms with van der Waals surface area (Å²) in [5, 5.41) is 10.5. The molecule has 6 heteroatoms. The topological polar surface area (TPSA) is 69.4 Å². The van der Waals surface area contributed by atoms with Gasteiger partial charge in [-0.05, 0) is 35.9 Å². The number of ether oxygens (including phenoxy) is 1. The molecule has 2 aromatic carbocycles. The van der Waals surface area contributed by atoms with E-state index < -0.39 is 16.5 Å². The molecule has 0 bridgehead atoms. The van der Waals surface area contributed by atoms with Crippen molar-refractivity contribution >= 4 is 17.5 Å². The van der Waals surface area contributed by atoms with Crippen LogP contribution in [0.4, 0.5) is 10.1 Å². The Morgan fingerprint density at radius 3 is 2.45 bits per heavy atom. The second kappa shape index (κ2) is 6.62. The molecule has 0 unspecified atom stereocenters. The molecule has 2 rings (SSSR count). The number of non-ortho nitro benzene ring substituents is 1. The molecule has 0 radical (unpaired) electrons. The Balaban J connectivity index is 2.15. The summed E-state index contributed by atoms with van der Waals surface area (Å²) in [5.74, 6) is -0.843. The Labute approximate surface area is 125 Å². The van der Waals surface area contributed by atoms with E-state index in [4.69, 9.17) is 4.74 Å². The van der Waals surface area contributed by atoms with Gasteiger partial charge in [-0.2, -0.15) is 0 Å². The van der Waals surface area contributed by atoms with Crippen molar-refractivity contribution in [2.75, 3.05) is 7.11 Å². The van der Waals surface area contributed by atoms with Gasteiger partial charge in [0.2, 0.25) is 0 Å². The van der Waals surface area contributed by atoms with Gasteiger partial charge in [-0.1, -0.05) is 6.08 Å². The first-order valence-corrected chi connectivity index (χ1v) is 6.31. The van der Waals surface area contributed by atoms with Gasteiger partial charge in [0, 0.05) is 18.2 Å². The maximum absolute atomic E-state index is 13.7. The molecular formula is C16H12FNO4. The van der Waals surface area contributed by atoms with Crippen LogP contribution < -0.4 is 4.74 Å². The number of nitro benzene ring substituents is 1. The number of hydrogen-bond acceptors (Lipinski definition) is 4. The molecular weight excluding hydrogens is 289 g/mol. The molecule has 2 aromatic rings. The van der Waals surface area contributed by atoms with Crippen LogP contribution >= 0.6 is 0 Å². The van der Waals surface area contributed by atoms with Crippen molar-refractivity contribution in [1.29, 1.82) is 0 Å². The van der Waals surface area contributed by atoms with E-state index in [1.54, 1.807) is 0 Å². The summed E-state index contributed by atoms with van der Waals surface area (Å²) in [6.45, 7) is 0. The van der Waals surface area contributed by atoms with Crippen molar-refractivity contribution in [3.63, 3.8) is 0 Å². The van der Waals surface area contributed by atoms with Gasteiger partial charge in [0.1, 0.15) is 11.6 Å². The van der Waals surface area contributed by atoms with E-state index in [0.717, 1.165) is 6.07 Å². The molecule has 0 atom stereocenters. The third-order valence-electron chi connectivity index (χ3n) is 2.97. The van der Waals surface area contributed by atoms with Crippen LogP contribution in [0.5, 0.6) is 5.75 Å². The van der Waals surface area contributed by atoms with Crippen LogP contribution in [0.15, 0.2) is 48.5 Å². The number of nitro groups is 1. The van der Waals surface area contributed by atoms with Crippen molar-refractivity contribution in [2.24, 2.45) is 0 Å². The molecule has 112 valence electrons. The summed E-state index contributed by atoms with van der Waals surface area (Å²) in [7, 11) is 1.41. The van der Waals surface area contributed by atoms with E-state index in [1.165, 1.54) is 55.7 Å². The SMILES string of the molecule is COc1ccc(C(=O)C=Cc2ccc([N+](=O)[O-])cc2)c(F)c1. The average Bonchev–Trinajstić information content (AvgIpc) is 2.52. The molecule has 0 aliphatic heterocycles. The molecule has 0 amide bonds. The normalized spacial score (nSPS) is 10.6. The highest BCUT2D eigenvalue weighted by atomic mass is 19.1. The third kappa shape index (κ3) is 3.54. The highest BCUT2D eigenvalue weighted by Gasteiger charge is 2.10. The third-order valence-corrected chi connectivity index (χ3v) is 2.97. The predicted molar refractivity (Wildman–Crippen MR) is 79.4 cm³/mol. The number of carbonyl (C=O) groups excluding carboxylic acids is 1. The first-order valence-electron chi connectivity index (χ1n) is 6.31. The molecule has 22 heavy (non-hydrogen) atoms. The van der Waals surface area contributed by atoms with E-state index in [1.807, 2.05) is 0 Å². The van der Waals surface area contributed by atoms with E-state index in [-0.39, 0.29) is 11.3 Å². The number of hydrogen-bond donors (Lipinski definition) is 0. The lowest BCUT2D eigenvalue weighted by atomic mass is 10.1. The monoisotopic (exact) mass is 301 g/mol. The van der Waals surface area contributed by atoms with Crippen LogP contribution in [-0.2, 0) is 0 Å². The summed E-state index contributed by atoms with van der Waals surface area (Å²) >= 11 is 0. The van der Waals surface area contributed by atoms with Crippen LogP contribution in [0, 0.1) is 15.9 Å². The Kier molecular flexibility index (Phi) is 4.63. The zero-order valence-electron chi connectivity index (χ0n) is 11.7. The number of halogens is 1. The number of allylic oxidation sites excluding steroid dienone is 1. The highest BCUT2D eigenvalue weighted by Crippen LogP contribution is 2.18. The maximum Gasteiger partial charge on any atom is 0.269 e. The van der Waals surface area contributed by atoms with Crippen molar-refractivity contribution in [2.45, 2.75) is 0 Å². The van der Waals surface area contributed by atoms with Crippen molar-refractivity contribution in [3.8, 4) is 5.75 Å². The van der Waals surface area contributed by atoms with Gasteiger partial charge < -0.3 is 4.74 Å². The minimum atomic E-state index is -0.669. The molecule has 0 aromatic heterocycles. The smallest absolute Gasteiger partial charge is 0.269 e. The zero-order chi connectivity index (χ0) is 16.1. The van der Waals surface area contributed by atoms with E-state index in [9.17, 15) is 19.3 Å². The standard InChI is InChI=1S/C16H12FNO4/c1-22-13-7-8-14(15(17)10-13)16(19)9-4-11-2-5-12(6-3-11)18(20)21/h2-10H,1H3. The predicted octanol–water partition coefficient (Wildman–Crippen LogP) is 3.64. The molecule has 0 N–H and O–H groups in total. The summed E-state index contributed by atoms with van der Waals surface area (Å²) in [6, 6.07) is 9.65. The molecule has 0 heterocycles. The molecule has 0 fully saturated rings. The van der Waals surface area contributed by atoms with Crippen LogP contribution in [0.1, 0.15) is 15.9 Å². The minimum absolute atomic E-state index is 0.0373. The van der Waals surface area contributed by atoms with Gasteiger partial charge in [0.05, 0.1) is 17.6 Å².